The predicted octanol–water partition coefficient (Wildman–Crippen LogP) is 3.97. The van der Waals surface area contributed by atoms with Crippen LogP contribution in [0.4, 0.5) is 0 Å². The molecule has 20 heavy (non-hydrogen) atoms. The van der Waals surface area contributed by atoms with Crippen LogP contribution >= 0.6 is 0 Å². The van der Waals surface area contributed by atoms with Crippen molar-refractivity contribution in [2.45, 2.75) is 44.8 Å². The van der Waals surface area contributed by atoms with E-state index in [0.29, 0.717) is 12.7 Å². The van der Waals surface area contributed by atoms with Crippen molar-refractivity contribution < 1.29 is 4.74 Å². The van der Waals surface area contributed by atoms with E-state index in [1.54, 1.807) is 6.08 Å². The van der Waals surface area contributed by atoms with Crippen molar-refractivity contribution in [2.75, 3.05) is 0 Å². The van der Waals surface area contributed by atoms with Crippen LogP contribution in [0.25, 0.3) is 6.08 Å². The maximum absolute atomic E-state index is 8.71. The summed E-state index contributed by atoms with van der Waals surface area (Å²) in [5, 5.41) is 17.4. The molecule has 0 N–H and O–H groups in total. The van der Waals surface area contributed by atoms with Crippen molar-refractivity contribution in [3.05, 3.63) is 41.0 Å². The van der Waals surface area contributed by atoms with Crippen LogP contribution in [-0.4, -0.2) is 6.10 Å². The number of hydrogen-bond donors (Lipinski definition) is 0. The third kappa shape index (κ3) is 4.23. The molecule has 3 nitrogen and oxygen atoms in total. The highest BCUT2D eigenvalue weighted by Gasteiger charge is 2.13. The van der Waals surface area contributed by atoms with E-state index in [9.17, 15) is 0 Å². The van der Waals surface area contributed by atoms with Crippen LogP contribution in [0.2, 0.25) is 0 Å². The highest BCUT2D eigenvalue weighted by Crippen LogP contribution is 2.21. The van der Waals surface area contributed by atoms with Crippen LogP contribution in [0.3, 0.4) is 0 Å². The topological polar surface area (TPSA) is 56.8 Å². The quantitative estimate of drug-likeness (QED) is 0.775. The number of allylic oxidation sites excluding steroid dienone is 1. The molecule has 2 rings (SSSR count). The van der Waals surface area contributed by atoms with E-state index in [1.807, 2.05) is 36.4 Å². The molecule has 0 aliphatic heterocycles. The number of ether oxygens (including phenoxy) is 1. The van der Waals surface area contributed by atoms with Gasteiger partial charge in [0.1, 0.15) is 17.7 Å². The maximum Gasteiger partial charge on any atom is 0.130 e. The van der Waals surface area contributed by atoms with Crippen LogP contribution < -0.4 is 0 Å². The molecule has 0 amide bonds. The average molecular weight is 266 g/mol. The monoisotopic (exact) mass is 266 g/mol. The van der Waals surface area contributed by atoms with Crippen molar-refractivity contribution in [1.82, 2.24) is 0 Å². The predicted molar refractivity (Wildman–Crippen MR) is 77.3 cm³/mol. The van der Waals surface area contributed by atoms with Crippen molar-refractivity contribution in [2.24, 2.45) is 0 Å². The number of rotatable bonds is 4. The summed E-state index contributed by atoms with van der Waals surface area (Å²) in [5.74, 6) is 0. The second kappa shape index (κ2) is 7.48. The lowest BCUT2D eigenvalue weighted by Crippen LogP contribution is -2.16. The molecule has 0 aromatic heterocycles. The summed E-state index contributed by atoms with van der Waals surface area (Å²) < 4.78 is 5.91. The largest absolute Gasteiger partial charge is 0.374 e. The molecular weight excluding hydrogens is 248 g/mol. The SMILES string of the molecule is N#CC(C#N)=Cc1ccc(COC2CCCCC2)cc1. The van der Waals surface area contributed by atoms with E-state index < -0.39 is 0 Å². The second-order valence-corrected chi connectivity index (χ2v) is 5.09. The summed E-state index contributed by atoms with van der Waals surface area (Å²) in [5.41, 5.74) is 2.11. The van der Waals surface area contributed by atoms with Gasteiger partial charge in [0.2, 0.25) is 0 Å². The van der Waals surface area contributed by atoms with Gasteiger partial charge in [-0.3, -0.25) is 0 Å². The van der Waals surface area contributed by atoms with Gasteiger partial charge in [0.05, 0.1) is 12.7 Å². The van der Waals surface area contributed by atoms with Gasteiger partial charge in [-0.25, -0.2) is 0 Å². The van der Waals surface area contributed by atoms with Crippen LogP contribution in [0.5, 0.6) is 0 Å². The Morgan fingerprint density at radius 3 is 2.35 bits per heavy atom. The Kier molecular flexibility index (Phi) is 5.35. The average Bonchev–Trinajstić information content (AvgIpc) is 2.53. The molecule has 0 atom stereocenters. The Morgan fingerprint density at radius 1 is 1.10 bits per heavy atom. The summed E-state index contributed by atoms with van der Waals surface area (Å²) in [4.78, 5) is 0. The minimum atomic E-state index is 0.121. The molecule has 1 aliphatic rings. The minimum absolute atomic E-state index is 0.121. The summed E-state index contributed by atoms with van der Waals surface area (Å²) in [7, 11) is 0. The third-order valence-corrected chi connectivity index (χ3v) is 3.57. The second-order valence-electron chi connectivity index (χ2n) is 5.09. The van der Waals surface area contributed by atoms with Gasteiger partial charge in [-0.15, -0.1) is 0 Å². The fourth-order valence-electron chi connectivity index (χ4n) is 2.41. The first-order valence-corrected chi connectivity index (χ1v) is 7.04. The zero-order chi connectivity index (χ0) is 14.2. The molecule has 1 fully saturated rings. The Morgan fingerprint density at radius 2 is 1.75 bits per heavy atom. The van der Waals surface area contributed by atoms with Crippen LogP contribution in [0.15, 0.2) is 29.8 Å². The van der Waals surface area contributed by atoms with Gasteiger partial charge in [-0.05, 0) is 30.0 Å². The molecule has 0 heterocycles. The lowest BCUT2D eigenvalue weighted by molar-refractivity contribution is 0.0169. The zero-order valence-corrected chi connectivity index (χ0v) is 11.5. The lowest BCUT2D eigenvalue weighted by atomic mass is 9.98. The molecule has 102 valence electrons. The van der Waals surface area contributed by atoms with Crippen molar-refractivity contribution in [1.29, 1.82) is 10.5 Å². The molecule has 0 saturated heterocycles. The van der Waals surface area contributed by atoms with Crippen LogP contribution in [0.1, 0.15) is 43.2 Å². The fraction of sp³-hybridized carbons (Fsp3) is 0.412. The molecule has 1 aromatic rings. The van der Waals surface area contributed by atoms with Gasteiger partial charge in [0, 0.05) is 0 Å². The number of nitriles is 2. The highest BCUT2D eigenvalue weighted by atomic mass is 16.5. The summed E-state index contributed by atoms with van der Waals surface area (Å²) in [6, 6.07) is 11.5. The van der Waals surface area contributed by atoms with Gasteiger partial charge >= 0.3 is 0 Å². The Hall–Kier alpha value is -2.10. The Balaban J connectivity index is 1.90. The van der Waals surface area contributed by atoms with Crippen molar-refractivity contribution in [3.8, 4) is 12.1 Å². The molecule has 1 aliphatic carbocycles. The molecular formula is C17H18N2O. The lowest BCUT2D eigenvalue weighted by Gasteiger charge is -2.22. The molecule has 0 radical (unpaired) electrons. The molecule has 0 unspecified atom stereocenters. The number of hydrogen-bond acceptors (Lipinski definition) is 3. The zero-order valence-electron chi connectivity index (χ0n) is 11.5. The molecule has 3 heteroatoms. The van der Waals surface area contributed by atoms with E-state index in [1.165, 1.54) is 32.1 Å². The standard InChI is InChI=1S/C17H18N2O/c18-11-16(12-19)10-14-6-8-15(9-7-14)13-20-17-4-2-1-3-5-17/h6-10,17H,1-5,13H2. The first-order chi connectivity index (χ1) is 9.81. The van der Waals surface area contributed by atoms with E-state index in [-0.39, 0.29) is 5.57 Å². The molecule has 1 aromatic carbocycles. The summed E-state index contributed by atoms with van der Waals surface area (Å²) in [6.07, 6.45) is 8.24. The highest BCUT2D eigenvalue weighted by molar-refractivity contribution is 5.61. The molecule has 1 saturated carbocycles. The van der Waals surface area contributed by atoms with Gasteiger partial charge < -0.3 is 4.74 Å². The van der Waals surface area contributed by atoms with Gasteiger partial charge in [0.25, 0.3) is 0 Å². The van der Waals surface area contributed by atoms with E-state index in [0.717, 1.165) is 11.1 Å². The van der Waals surface area contributed by atoms with Gasteiger partial charge in [0.15, 0.2) is 0 Å². The first-order valence-electron chi connectivity index (χ1n) is 7.04. The van der Waals surface area contributed by atoms with Crippen LogP contribution in [0, 0.1) is 22.7 Å². The molecule has 0 spiro atoms. The first kappa shape index (κ1) is 14.3. The smallest absolute Gasteiger partial charge is 0.130 e. The van der Waals surface area contributed by atoms with Crippen molar-refractivity contribution in [3.63, 3.8) is 0 Å². The fourth-order valence-corrected chi connectivity index (χ4v) is 2.41. The molecule has 0 bridgehead atoms. The normalized spacial score (nSPS) is 15.1. The van der Waals surface area contributed by atoms with Gasteiger partial charge in [-0.2, -0.15) is 10.5 Å². The number of benzene rings is 1. The van der Waals surface area contributed by atoms with E-state index in [4.69, 9.17) is 15.3 Å². The summed E-state index contributed by atoms with van der Waals surface area (Å²) in [6.45, 7) is 0.637. The minimum Gasteiger partial charge on any atom is -0.374 e. The third-order valence-electron chi connectivity index (χ3n) is 3.57. The van der Waals surface area contributed by atoms with Crippen LogP contribution in [-0.2, 0) is 11.3 Å². The maximum atomic E-state index is 8.71. The number of nitrogens with zero attached hydrogens (tertiary/aromatic N) is 2. The van der Waals surface area contributed by atoms with E-state index in [2.05, 4.69) is 0 Å². The summed E-state index contributed by atoms with van der Waals surface area (Å²) >= 11 is 0. The van der Waals surface area contributed by atoms with Crippen molar-refractivity contribution >= 4 is 6.08 Å². The van der Waals surface area contributed by atoms with Gasteiger partial charge in [-0.1, -0.05) is 43.5 Å². The van der Waals surface area contributed by atoms with E-state index >= 15 is 0 Å². The Bertz CT molecular complexity index is 524. The Labute approximate surface area is 120 Å².